The van der Waals surface area contributed by atoms with Gasteiger partial charge >= 0.3 is 0 Å². The number of para-hydroxylation sites is 1. The van der Waals surface area contributed by atoms with E-state index in [0.717, 1.165) is 17.6 Å². The van der Waals surface area contributed by atoms with Crippen molar-refractivity contribution in [3.05, 3.63) is 60.0 Å². The summed E-state index contributed by atoms with van der Waals surface area (Å²) in [5, 5.41) is 0.710. The third-order valence-corrected chi connectivity index (χ3v) is 3.34. The van der Waals surface area contributed by atoms with Gasteiger partial charge in [0.1, 0.15) is 30.1 Å². The Labute approximate surface area is 127 Å². The van der Waals surface area contributed by atoms with Crippen molar-refractivity contribution in [2.75, 3.05) is 7.11 Å². The molecule has 0 aliphatic carbocycles. The Kier molecular flexibility index (Phi) is 3.96. The average molecular weight is 294 g/mol. The first kappa shape index (κ1) is 14.0. The van der Waals surface area contributed by atoms with Crippen molar-refractivity contribution in [1.82, 2.24) is 9.97 Å². The maximum absolute atomic E-state index is 11.0. The molecule has 0 bridgehead atoms. The summed E-state index contributed by atoms with van der Waals surface area (Å²) in [6, 6.07) is 13.1. The van der Waals surface area contributed by atoms with Crippen molar-refractivity contribution in [3.63, 3.8) is 0 Å². The minimum absolute atomic E-state index is 0.376. The fourth-order valence-electron chi connectivity index (χ4n) is 2.22. The molecule has 0 spiro atoms. The third kappa shape index (κ3) is 2.74. The smallest absolute Gasteiger partial charge is 0.169 e. The topological polar surface area (TPSA) is 61.3 Å². The third-order valence-electron chi connectivity index (χ3n) is 3.34. The molecular weight excluding hydrogens is 280 g/mol. The van der Waals surface area contributed by atoms with E-state index in [1.54, 1.807) is 25.3 Å². The van der Waals surface area contributed by atoms with Crippen LogP contribution in [0.2, 0.25) is 0 Å². The second kappa shape index (κ2) is 6.22. The largest absolute Gasteiger partial charge is 0.496 e. The van der Waals surface area contributed by atoms with E-state index in [2.05, 4.69) is 9.97 Å². The summed E-state index contributed by atoms with van der Waals surface area (Å²) in [5.74, 6) is 1.46. The van der Waals surface area contributed by atoms with Crippen LogP contribution in [-0.2, 0) is 6.61 Å². The lowest BCUT2D eigenvalue weighted by atomic mass is 10.2. The minimum Gasteiger partial charge on any atom is -0.496 e. The molecule has 22 heavy (non-hydrogen) atoms. The summed E-state index contributed by atoms with van der Waals surface area (Å²) in [4.78, 5) is 19.1. The molecule has 3 rings (SSSR count). The van der Waals surface area contributed by atoms with Crippen LogP contribution in [0.15, 0.2) is 48.8 Å². The van der Waals surface area contributed by atoms with Crippen LogP contribution in [0.5, 0.6) is 11.5 Å². The number of aromatic nitrogens is 2. The first-order chi connectivity index (χ1) is 10.8. The second-order valence-corrected chi connectivity index (χ2v) is 4.66. The molecule has 5 heteroatoms. The Bertz CT molecular complexity index is 818. The lowest BCUT2D eigenvalue weighted by Crippen LogP contribution is -1.99. The van der Waals surface area contributed by atoms with Gasteiger partial charge in [0, 0.05) is 17.0 Å². The van der Waals surface area contributed by atoms with Crippen molar-refractivity contribution >= 4 is 17.2 Å². The van der Waals surface area contributed by atoms with Crippen LogP contribution in [0.3, 0.4) is 0 Å². The quantitative estimate of drug-likeness (QED) is 0.677. The Morgan fingerprint density at radius 2 is 2.00 bits per heavy atom. The van der Waals surface area contributed by atoms with Crippen molar-refractivity contribution in [2.45, 2.75) is 6.61 Å². The molecule has 1 heterocycles. The van der Waals surface area contributed by atoms with Gasteiger partial charge in [-0.3, -0.25) is 4.79 Å². The van der Waals surface area contributed by atoms with Crippen LogP contribution >= 0.6 is 0 Å². The van der Waals surface area contributed by atoms with Crippen LogP contribution in [0, 0.1) is 0 Å². The number of aldehydes is 1. The van der Waals surface area contributed by atoms with Gasteiger partial charge in [0.15, 0.2) is 6.29 Å². The van der Waals surface area contributed by atoms with Crippen LogP contribution < -0.4 is 9.47 Å². The van der Waals surface area contributed by atoms with Gasteiger partial charge in [-0.25, -0.2) is 9.97 Å². The maximum atomic E-state index is 11.0. The number of rotatable bonds is 5. The molecule has 0 aliphatic rings. The van der Waals surface area contributed by atoms with E-state index in [0.29, 0.717) is 29.0 Å². The van der Waals surface area contributed by atoms with E-state index < -0.39 is 0 Å². The van der Waals surface area contributed by atoms with Crippen molar-refractivity contribution < 1.29 is 14.3 Å². The summed E-state index contributed by atoms with van der Waals surface area (Å²) in [6.45, 7) is 0.390. The number of methoxy groups -OCH3 is 1. The maximum Gasteiger partial charge on any atom is 0.169 e. The Morgan fingerprint density at radius 3 is 2.82 bits per heavy atom. The fraction of sp³-hybridized carbons (Fsp3) is 0.118. The molecule has 0 unspecified atom stereocenters. The Morgan fingerprint density at radius 1 is 1.14 bits per heavy atom. The highest BCUT2D eigenvalue weighted by molar-refractivity contribution is 5.94. The highest BCUT2D eigenvalue weighted by Crippen LogP contribution is 2.23. The van der Waals surface area contributed by atoms with Crippen molar-refractivity contribution in [2.24, 2.45) is 0 Å². The Balaban J connectivity index is 1.84. The molecule has 0 fully saturated rings. The molecular formula is C17H14N2O3. The normalized spacial score (nSPS) is 10.4. The number of nitrogens with zero attached hydrogens (tertiary/aromatic N) is 2. The predicted molar refractivity (Wildman–Crippen MR) is 82.3 cm³/mol. The molecule has 0 N–H and O–H groups in total. The molecule has 0 aliphatic heterocycles. The Hall–Kier alpha value is -2.95. The summed E-state index contributed by atoms with van der Waals surface area (Å²) >= 11 is 0. The number of benzene rings is 2. The lowest BCUT2D eigenvalue weighted by Gasteiger charge is -2.10. The van der Waals surface area contributed by atoms with E-state index in [9.17, 15) is 4.79 Å². The lowest BCUT2D eigenvalue weighted by molar-refractivity contribution is 0.112. The summed E-state index contributed by atoms with van der Waals surface area (Å²) in [7, 11) is 1.63. The van der Waals surface area contributed by atoms with Gasteiger partial charge in [-0.1, -0.05) is 18.2 Å². The zero-order chi connectivity index (χ0) is 15.4. The van der Waals surface area contributed by atoms with Crippen LogP contribution in [0.4, 0.5) is 0 Å². The predicted octanol–water partition coefficient (Wildman–Crippen LogP) is 3.03. The van der Waals surface area contributed by atoms with Crippen LogP contribution in [0.25, 0.3) is 10.9 Å². The first-order valence-corrected chi connectivity index (χ1v) is 6.76. The molecule has 0 saturated carbocycles. The first-order valence-electron chi connectivity index (χ1n) is 6.76. The molecule has 3 aromatic rings. The number of hydrogen-bond donors (Lipinski definition) is 0. The molecule has 0 radical (unpaired) electrons. The van der Waals surface area contributed by atoms with E-state index in [-0.39, 0.29) is 0 Å². The van der Waals surface area contributed by atoms with Gasteiger partial charge in [0.25, 0.3) is 0 Å². The van der Waals surface area contributed by atoms with E-state index >= 15 is 0 Å². The zero-order valence-electron chi connectivity index (χ0n) is 12.0. The average Bonchev–Trinajstić information content (AvgIpc) is 2.59. The van der Waals surface area contributed by atoms with E-state index in [4.69, 9.17) is 9.47 Å². The fourth-order valence-corrected chi connectivity index (χ4v) is 2.22. The molecule has 2 aromatic carbocycles. The number of carbonyl (C=O) groups is 1. The van der Waals surface area contributed by atoms with Crippen molar-refractivity contribution in [1.29, 1.82) is 0 Å². The number of hydrogen-bond acceptors (Lipinski definition) is 5. The second-order valence-electron chi connectivity index (χ2n) is 4.66. The van der Waals surface area contributed by atoms with Gasteiger partial charge in [-0.05, 0) is 18.2 Å². The van der Waals surface area contributed by atoms with Crippen LogP contribution in [-0.4, -0.2) is 23.4 Å². The SMILES string of the molecule is COc1ccccc1COc1ccc2c(C=O)ncnc2c1. The van der Waals surface area contributed by atoms with Gasteiger partial charge < -0.3 is 9.47 Å². The number of carbonyl (C=O) groups excluding carboxylic acids is 1. The van der Waals surface area contributed by atoms with Gasteiger partial charge in [0.2, 0.25) is 0 Å². The number of ether oxygens (including phenoxy) is 2. The molecule has 110 valence electrons. The molecule has 5 nitrogen and oxygen atoms in total. The standard InChI is InChI=1S/C17H14N2O3/c1-21-17-5-3-2-4-12(17)10-22-13-6-7-14-15(8-13)18-11-19-16(14)9-20/h2-9,11H,10H2,1H3. The molecule has 0 amide bonds. The highest BCUT2D eigenvalue weighted by atomic mass is 16.5. The summed E-state index contributed by atoms with van der Waals surface area (Å²) in [5.41, 5.74) is 2.01. The van der Waals surface area contributed by atoms with Crippen LogP contribution in [0.1, 0.15) is 16.1 Å². The van der Waals surface area contributed by atoms with E-state index in [1.165, 1.54) is 6.33 Å². The number of fused-ring (bicyclic) bond motifs is 1. The minimum atomic E-state index is 0.376. The molecule has 1 aromatic heterocycles. The highest BCUT2D eigenvalue weighted by Gasteiger charge is 2.06. The van der Waals surface area contributed by atoms with Crippen molar-refractivity contribution in [3.8, 4) is 11.5 Å². The zero-order valence-corrected chi connectivity index (χ0v) is 12.0. The van der Waals surface area contributed by atoms with Gasteiger partial charge in [-0.2, -0.15) is 0 Å². The molecule has 0 saturated heterocycles. The van der Waals surface area contributed by atoms with E-state index in [1.807, 2.05) is 24.3 Å². The molecule has 0 atom stereocenters. The summed E-state index contributed by atoms with van der Waals surface area (Å²) in [6.07, 6.45) is 2.09. The van der Waals surface area contributed by atoms with Gasteiger partial charge in [0.05, 0.1) is 12.6 Å². The van der Waals surface area contributed by atoms with Gasteiger partial charge in [-0.15, -0.1) is 0 Å². The summed E-state index contributed by atoms with van der Waals surface area (Å²) < 4.78 is 11.1. The monoisotopic (exact) mass is 294 g/mol.